The second kappa shape index (κ2) is 5.22. The van der Waals surface area contributed by atoms with E-state index in [1.165, 1.54) is 31.4 Å². The zero-order valence-electron chi connectivity index (χ0n) is 11.1. The van der Waals surface area contributed by atoms with E-state index in [4.69, 9.17) is 0 Å². The smallest absolute Gasteiger partial charge is 0.132 e. The van der Waals surface area contributed by atoms with Crippen LogP contribution < -0.4 is 10.2 Å². The zero-order chi connectivity index (χ0) is 12.4. The van der Waals surface area contributed by atoms with Crippen LogP contribution in [0.3, 0.4) is 0 Å². The monoisotopic (exact) mass is 246 g/mol. The molecule has 1 saturated heterocycles. The number of hydrogen-bond acceptors (Lipinski definition) is 4. The highest BCUT2D eigenvalue weighted by molar-refractivity contribution is 5.41. The summed E-state index contributed by atoms with van der Waals surface area (Å²) in [6.45, 7) is 5.39. The van der Waals surface area contributed by atoms with Crippen LogP contribution in [-0.2, 0) is 0 Å². The van der Waals surface area contributed by atoms with Gasteiger partial charge in [0.05, 0.1) is 0 Å². The van der Waals surface area contributed by atoms with Gasteiger partial charge in [-0.15, -0.1) is 0 Å². The molecule has 4 nitrogen and oxygen atoms in total. The summed E-state index contributed by atoms with van der Waals surface area (Å²) >= 11 is 0. The second-order valence-corrected chi connectivity index (χ2v) is 5.53. The molecule has 0 amide bonds. The van der Waals surface area contributed by atoms with Gasteiger partial charge in [-0.1, -0.05) is 12.8 Å². The minimum Gasteiger partial charge on any atom is -0.351 e. The van der Waals surface area contributed by atoms with Crippen LogP contribution in [0.1, 0.15) is 44.2 Å². The summed E-state index contributed by atoms with van der Waals surface area (Å²) in [6.07, 6.45) is 7.06. The third kappa shape index (κ3) is 2.34. The molecule has 0 spiro atoms. The Balaban J connectivity index is 1.81. The van der Waals surface area contributed by atoms with E-state index >= 15 is 0 Å². The summed E-state index contributed by atoms with van der Waals surface area (Å²) < 4.78 is 0. The van der Waals surface area contributed by atoms with E-state index in [0.717, 1.165) is 25.5 Å². The van der Waals surface area contributed by atoms with Gasteiger partial charge < -0.3 is 10.2 Å². The van der Waals surface area contributed by atoms with Crippen molar-refractivity contribution in [1.29, 1.82) is 0 Å². The first-order valence-corrected chi connectivity index (χ1v) is 7.14. The molecule has 1 atom stereocenters. The molecule has 0 unspecified atom stereocenters. The highest BCUT2D eigenvalue weighted by Gasteiger charge is 2.22. The topological polar surface area (TPSA) is 41.0 Å². The molecule has 0 bridgehead atoms. The Bertz CT molecular complexity index is 401. The largest absolute Gasteiger partial charge is 0.351 e. The van der Waals surface area contributed by atoms with Crippen LogP contribution in [0.4, 0.5) is 5.82 Å². The zero-order valence-corrected chi connectivity index (χ0v) is 11.1. The predicted octanol–water partition coefficient (Wildman–Crippen LogP) is 1.93. The molecule has 2 heterocycles. The lowest BCUT2D eigenvalue weighted by Gasteiger charge is -2.35. The van der Waals surface area contributed by atoms with Crippen LogP contribution in [0.15, 0.2) is 12.4 Å². The van der Waals surface area contributed by atoms with Gasteiger partial charge in [0.2, 0.25) is 0 Å². The van der Waals surface area contributed by atoms with Gasteiger partial charge in [-0.25, -0.2) is 9.97 Å². The average molecular weight is 246 g/mol. The van der Waals surface area contributed by atoms with Crippen LogP contribution in [0.2, 0.25) is 0 Å². The first-order chi connectivity index (χ1) is 8.84. The Morgan fingerprint density at radius 1 is 1.28 bits per heavy atom. The van der Waals surface area contributed by atoms with Crippen molar-refractivity contribution in [2.45, 2.75) is 44.6 Å². The van der Waals surface area contributed by atoms with E-state index in [1.54, 1.807) is 6.33 Å². The van der Waals surface area contributed by atoms with Crippen molar-refractivity contribution in [2.24, 2.45) is 0 Å². The molecule has 98 valence electrons. The van der Waals surface area contributed by atoms with Gasteiger partial charge in [0.25, 0.3) is 0 Å². The van der Waals surface area contributed by atoms with E-state index in [-0.39, 0.29) is 0 Å². The van der Waals surface area contributed by atoms with E-state index in [2.05, 4.69) is 33.2 Å². The SMILES string of the molecule is C[C@H]1CNCCN1c1cc(C2CCCC2)ncn1. The molecule has 0 aromatic carbocycles. The standard InChI is InChI=1S/C14H22N4/c1-11-9-15-6-7-18(11)14-8-13(16-10-17-14)12-4-2-3-5-12/h8,10-12,15H,2-7,9H2,1H3/t11-/m0/s1. The lowest BCUT2D eigenvalue weighted by Crippen LogP contribution is -2.50. The lowest BCUT2D eigenvalue weighted by atomic mass is 10.0. The normalized spacial score (nSPS) is 25.6. The molecule has 1 aliphatic carbocycles. The van der Waals surface area contributed by atoms with Gasteiger partial charge in [-0.05, 0) is 19.8 Å². The predicted molar refractivity (Wildman–Crippen MR) is 72.9 cm³/mol. The van der Waals surface area contributed by atoms with Crippen molar-refractivity contribution in [3.8, 4) is 0 Å². The van der Waals surface area contributed by atoms with E-state index in [1.807, 2.05) is 0 Å². The van der Waals surface area contributed by atoms with Crippen molar-refractivity contribution in [3.05, 3.63) is 18.1 Å². The molecular formula is C14H22N4. The van der Waals surface area contributed by atoms with Crippen molar-refractivity contribution < 1.29 is 0 Å². The number of nitrogens with zero attached hydrogens (tertiary/aromatic N) is 3. The third-order valence-corrected chi connectivity index (χ3v) is 4.24. The van der Waals surface area contributed by atoms with Crippen molar-refractivity contribution in [3.63, 3.8) is 0 Å². The average Bonchev–Trinajstić information content (AvgIpc) is 2.93. The van der Waals surface area contributed by atoms with Gasteiger partial charge in [-0.2, -0.15) is 0 Å². The van der Waals surface area contributed by atoms with Gasteiger partial charge in [-0.3, -0.25) is 0 Å². The van der Waals surface area contributed by atoms with E-state index in [0.29, 0.717) is 12.0 Å². The number of rotatable bonds is 2. The minimum absolute atomic E-state index is 0.519. The summed E-state index contributed by atoms with van der Waals surface area (Å²) in [5, 5.41) is 3.42. The van der Waals surface area contributed by atoms with Gasteiger partial charge in [0.15, 0.2) is 0 Å². The number of piperazine rings is 1. The second-order valence-electron chi connectivity index (χ2n) is 5.53. The minimum atomic E-state index is 0.519. The summed E-state index contributed by atoms with van der Waals surface area (Å²) in [5.41, 5.74) is 1.25. The van der Waals surface area contributed by atoms with Crippen LogP contribution in [0, 0.1) is 0 Å². The van der Waals surface area contributed by atoms with E-state index in [9.17, 15) is 0 Å². The Kier molecular flexibility index (Phi) is 3.46. The Morgan fingerprint density at radius 2 is 2.11 bits per heavy atom. The molecule has 4 heteroatoms. The molecule has 1 aromatic rings. The summed E-state index contributed by atoms with van der Waals surface area (Å²) in [5.74, 6) is 1.78. The van der Waals surface area contributed by atoms with Crippen LogP contribution in [-0.4, -0.2) is 35.6 Å². The summed E-state index contributed by atoms with van der Waals surface area (Å²) in [4.78, 5) is 11.4. The van der Waals surface area contributed by atoms with Crippen LogP contribution >= 0.6 is 0 Å². The molecule has 2 aliphatic rings. The van der Waals surface area contributed by atoms with Crippen molar-refractivity contribution in [2.75, 3.05) is 24.5 Å². The molecule has 1 saturated carbocycles. The number of nitrogens with one attached hydrogen (secondary N) is 1. The van der Waals surface area contributed by atoms with Crippen LogP contribution in [0.5, 0.6) is 0 Å². The number of anilines is 1. The quantitative estimate of drug-likeness (QED) is 0.865. The molecule has 3 rings (SSSR count). The number of aromatic nitrogens is 2. The van der Waals surface area contributed by atoms with Gasteiger partial charge in [0, 0.05) is 43.4 Å². The van der Waals surface area contributed by atoms with E-state index < -0.39 is 0 Å². The molecule has 18 heavy (non-hydrogen) atoms. The lowest BCUT2D eigenvalue weighted by molar-refractivity contribution is 0.496. The fraction of sp³-hybridized carbons (Fsp3) is 0.714. The number of hydrogen-bond donors (Lipinski definition) is 1. The maximum atomic E-state index is 4.49. The fourth-order valence-electron chi connectivity index (χ4n) is 3.14. The molecular weight excluding hydrogens is 224 g/mol. The Morgan fingerprint density at radius 3 is 2.89 bits per heavy atom. The highest BCUT2D eigenvalue weighted by atomic mass is 15.3. The maximum absolute atomic E-state index is 4.49. The first-order valence-electron chi connectivity index (χ1n) is 7.14. The van der Waals surface area contributed by atoms with Crippen LogP contribution in [0.25, 0.3) is 0 Å². The molecule has 1 aliphatic heterocycles. The molecule has 0 radical (unpaired) electrons. The Hall–Kier alpha value is -1.16. The summed E-state index contributed by atoms with van der Waals surface area (Å²) in [6, 6.07) is 2.74. The maximum Gasteiger partial charge on any atom is 0.132 e. The molecule has 1 N–H and O–H groups in total. The van der Waals surface area contributed by atoms with Gasteiger partial charge >= 0.3 is 0 Å². The van der Waals surface area contributed by atoms with Gasteiger partial charge in [0.1, 0.15) is 12.1 Å². The third-order valence-electron chi connectivity index (χ3n) is 4.24. The fourth-order valence-corrected chi connectivity index (χ4v) is 3.14. The molecule has 1 aromatic heterocycles. The summed E-state index contributed by atoms with van der Waals surface area (Å²) in [7, 11) is 0. The highest BCUT2D eigenvalue weighted by Crippen LogP contribution is 2.33. The van der Waals surface area contributed by atoms with Crippen molar-refractivity contribution in [1.82, 2.24) is 15.3 Å². The molecule has 2 fully saturated rings. The first kappa shape index (κ1) is 11.9. The van der Waals surface area contributed by atoms with Crippen molar-refractivity contribution >= 4 is 5.82 Å². The Labute approximate surface area is 109 Å².